The van der Waals surface area contributed by atoms with Gasteiger partial charge in [-0.05, 0) is 6.07 Å². The van der Waals surface area contributed by atoms with Gasteiger partial charge in [0.05, 0.1) is 0 Å². The number of alkyl halides is 3. The summed E-state index contributed by atoms with van der Waals surface area (Å²) in [5.41, 5.74) is 4.52. The molecule has 0 aliphatic heterocycles. The third-order valence-electron chi connectivity index (χ3n) is 1.20. The van der Waals surface area contributed by atoms with Crippen LogP contribution in [0.4, 0.5) is 13.2 Å². The van der Waals surface area contributed by atoms with Gasteiger partial charge in [0, 0.05) is 6.07 Å². The molecule has 0 bridgehead atoms. The Morgan fingerprint density at radius 3 is 2.57 bits per heavy atom. The lowest BCUT2D eigenvalue weighted by atomic mass is 10.3. The zero-order valence-corrected chi connectivity index (χ0v) is 6.71. The first-order valence-corrected chi connectivity index (χ1v) is 3.41. The fraction of sp³-hybridized carbons (Fsp3) is 0.143. The van der Waals surface area contributed by atoms with Crippen molar-refractivity contribution in [3.63, 3.8) is 0 Å². The minimum atomic E-state index is -4.83. The second-order valence-electron chi connectivity index (χ2n) is 2.27. The summed E-state index contributed by atoms with van der Waals surface area (Å²) < 4.78 is 38.6. The number of nitrogens with two attached hydrogens (primary N) is 1. The standard InChI is InChI=1S/C7H5F3N2O2/c8-7(9,10)14-5-3-1-2-4(12-5)6(11)13/h1-3H,(H2,11,13). The van der Waals surface area contributed by atoms with Gasteiger partial charge in [-0.15, -0.1) is 13.2 Å². The molecule has 0 saturated heterocycles. The molecule has 2 N–H and O–H groups in total. The molecule has 1 heterocycles. The second-order valence-corrected chi connectivity index (χ2v) is 2.27. The molecule has 4 nitrogen and oxygen atoms in total. The monoisotopic (exact) mass is 206 g/mol. The van der Waals surface area contributed by atoms with Crippen LogP contribution in [0.5, 0.6) is 5.88 Å². The van der Waals surface area contributed by atoms with Crippen LogP contribution in [0.25, 0.3) is 0 Å². The number of amides is 1. The van der Waals surface area contributed by atoms with Gasteiger partial charge in [-0.2, -0.15) is 0 Å². The largest absolute Gasteiger partial charge is 0.574 e. The van der Waals surface area contributed by atoms with E-state index < -0.39 is 18.1 Å². The maximum atomic E-state index is 11.7. The molecule has 0 fully saturated rings. The third kappa shape index (κ3) is 2.92. The van der Waals surface area contributed by atoms with Crippen LogP contribution >= 0.6 is 0 Å². The molecule has 1 aromatic heterocycles. The van der Waals surface area contributed by atoms with E-state index in [-0.39, 0.29) is 5.69 Å². The molecule has 0 atom stereocenters. The van der Waals surface area contributed by atoms with Crippen molar-refractivity contribution in [3.8, 4) is 5.88 Å². The van der Waals surface area contributed by atoms with Crippen molar-refractivity contribution in [2.24, 2.45) is 5.73 Å². The van der Waals surface area contributed by atoms with Crippen molar-refractivity contribution in [1.82, 2.24) is 4.98 Å². The molecular formula is C7H5F3N2O2. The Morgan fingerprint density at radius 2 is 2.07 bits per heavy atom. The number of carbonyl (C=O) groups is 1. The summed E-state index contributed by atoms with van der Waals surface area (Å²) in [5, 5.41) is 0. The first-order chi connectivity index (χ1) is 6.38. The number of ether oxygens (including phenoxy) is 1. The van der Waals surface area contributed by atoms with Crippen LogP contribution in [0.2, 0.25) is 0 Å². The van der Waals surface area contributed by atoms with Gasteiger partial charge in [0.25, 0.3) is 5.91 Å². The zero-order valence-electron chi connectivity index (χ0n) is 6.71. The Hall–Kier alpha value is -1.79. The Labute approximate surface area is 76.5 Å². The Morgan fingerprint density at radius 1 is 1.43 bits per heavy atom. The SMILES string of the molecule is NC(=O)c1cccc(OC(F)(F)F)n1. The quantitative estimate of drug-likeness (QED) is 0.787. The van der Waals surface area contributed by atoms with Crippen LogP contribution in [0.15, 0.2) is 18.2 Å². The van der Waals surface area contributed by atoms with Gasteiger partial charge in [0.2, 0.25) is 5.88 Å². The summed E-state index contributed by atoms with van der Waals surface area (Å²) >= 11 is 0. The van der Waals surface area contributed by atoms with Crippen LogP contribution in [0.3, 0.4) is 0 Å². The van der Waals surface area contributed by atoms with Crippen molar-refractivity contribution < 1.29 is 22.7 Å². The van der Waals surface area contributed by atoms with E-state index in [1.165, 1.54) is 12.1 Å². The van der Waals surface area contributed by atoms with Gasteiger partial charge >= 0.3 is 6.36 Å². The van der Waals surface area contributed by atoms with Gasteiger partial charge < -0.3 is 10.5 Å². The maximum Gasteiger partial charge on any atom is 0.574 e. The van der Waals surface area contributed by atoms with Crippen molar-refractivity contribution in [2.75, 3.05) is 0 Å². The highest BCUT2D eigenvalue weighted by Gasteiger charge is 2.31. The number of aromatic nitrogens is 1. The van der Waals surface area contributed by atoms with Gasteiger partial charge in [0.1, 0.15) is 5.69 Å². The number of hydrogen-bond donors (Lipinski definition) is 1. The Balaban J connectivity index is 2.89. The lowest BCUT2D eigenvalue weighted by Gasteiger charge is -2.07. The summed E-state index contributed by atoms with van der Waals surface area (Å²) in [6.07, 6.45) is -4.83. The van der Waals surface area contributed by atoms with E-state index in [1.54, 1.807) is 0 Å². The number of primary amides is 1. The molecule has 1 rings (SSSR count). The Bertz CT molecular complexity index is 351. The fourth-order valence-corrected chi connectivity index (χ4v) is 0.727. The summed E-state index contributed by atoms with van der Waals surface area (Å²) in [5.74, 6) is -1.63. The van der Waals surface area contributed by atoms with Crippen molar-refractivity contribution in [3.05, 3.63) is 23.9 Å². The minimum absolute atomic E-state index is 0.285. The molecule has 0 radical (unpaired) electrons. The molecule has 0 unspecified atom stereocenters. The van der Waals surface area contributed by atoms with Gasteiger partial charge in [0.15, 0.2) is 0 Å². The van der Waals surface area contributed by atoms with Gasteiger partial charge in [-0.1, -0.05) is 6.07 Å². The van der Waals surface area contributed by atoms with E-state index in [1.807, 2.05) is 0 Å². The van der Waals surface area contributed by atoms with Crippen LogP contribution < -0.4 is 10.5 Å². The average molecular weight is 206 g/mol. The Kier molecular flexibility index (Phi) is 2.59. The van der Waals surface area contributed by atoms with Gasteiger partial charge in [-0.3, -0.25) is 4.79 Å². The number of nitrogens with zero attached hydrogens (tertiary/aromatic N) is 1. The fourth-order valence-electron chi connectivity index (χ4n) is 0.727. The average Bonchev–Trinajstić information content (AvgIpc) is 2.01. The third-order valence-corrected chi connectivity index (χ3v) is 1.20. The predicted molar refractivity (Wildman–Crippen MR) is 39.4 cm³/mol. The highest BCUT2D eigenvalue weighted by atomic mass is 19.4. The van der Waals surface area contributed by atoms with E-state index >= 15 is 0 Å². The number of pyridine rings is 1. The van der Waals surface area contributed by atoms with E-state index in [0.29, 0.717) is 0 Å². The molecule has 7 heteroatoms. The summed E-state index contributed by atoms with van der Waals surface area (Å²) in [7, 11) is 0. The maximum absolute atomic E-state index is 11.7. The molecule has 0 spiro atoms. The minimum Gasteiger partial charge on any atom is -0.388 e. The molecule has 0 saturated carbocycles. The van der Waals surface area contributed by atoms with Crippen LogP contribution in [-0.4, -0.2) is 17.3 Å². The highest BCUT2D eigenvalue weighted by molar-refractivity contribution is 5.90. The number of hydrogen-bond acceptors (Lipinski definition) is 3. The lowest BCUT2D eigenvalue weighted by molar-refractivity contribution is -0.276. The van der Waals surface area contributed by atoms with Crippen molar-refractivity contribution in [1.29, 1.82) is 0 Å². The highest BCUT2D eigenvalue weighted by Crippen LogP contribution is 2.20. The first kappa shape index (κ1) is 10.3. The smallest absolute Gasteiger partial charge is 0.388 e. The summed E-state index contributed by atoms with van der Waals surface area (Å²) in [6, 6.07) is 3.35. The molecule has 0 aliphatic rings. The molecule has 1 amide bonds. The second kappa shape index (κ2) is 3.52. The first-order valence-electron chi connectivity index (χ1n) is 3.41. The topological polar surface area (TPSA) is 65.2 Å². The van der Waals surface area contributed by atoms with E-state index in [2.05, 4.69) is 9.72 Å². The summed E-state index contributed by atoms with van der Waals surface area (Å²) in [6.45, 7) is 0. The van der Waals surface area contributed by atoms with Gasteiger partial charge in [-0.25, -0.2) is 4.98 Å². The predicted octanol–water partition coefficient (Wildman–Crippen LogP) is 1.08. The molecule has 1 aromatic rings. The van der Waals surface area contributed by atoms with E-state index in [4.69, 9.17) is 5.73 Å². The molecule has 14 heavy (non-hydrogen) atoms. The number of halogens is 3. The lowest BCUT2D eigenvalue weighted by Crippen LogP contribution is -2.19. The number of carbonyl (C=O) groups excluding carboxylic acids is 1. The summed E-state index contributed by atoms with van der Waals surface area (Å²) in [4.78, 5) is 13.8. The van der Waals surface area contributed by atoms with Crippen LogP contribution in [0, 0.1) is 0 Å². The molecule has 76 valence electrons. The van der Waals surface area contributed by atoms with Crippen molar-refractivity contribution in [2.45, 2.75) is 6.36 Å². The molecule has 0 aliphatic carbocycles. The molecular weight excluding hydrogens is 201 g/mol. The van der Waals surface area contributed by atoms with Crippen LogP contribution in [-0.2, 0) is 0 Å². The van der Waals surface area contributed by atoms with E-state index in [0.717, 1.165) is 6.07 Å². The van der Waals surface area contributed by atoms with Crippen molar-refractivity contribution >= 4 is 5.91 Å². The number of rotatable bonds is 2. The van der Waals surface area contributed by atoms with E-state index in [9.17, 15) is 18.0 Å². The van der Waals surface area contributed by atoms with Crippen LogP contribution in [0.1, 0.15) is 10.5 Å². The molecule has 0 aromatic carbocycles. The zero-order chi connectivity index (χ0) is 10.8. The normalized spacial score (nSPS) is 11.1.